The van der Waals surface area contributed by atoms with Gasteiger partial charge in [-0.15, -0.1) is 0 Å². The molecule has 3 fully saturated rings. The van der Waals surface area contributed by atoms with E-state index in [2.05, 4.69) is 67.0 Å². The highest BCUT2D eigenvalue weighted by Gasteiger charge is 2.83. The van der Waals surface area contributed by atoms with Gasteiger partial charge >= 0.3 is 0 Å². The van der Waals surface area contributed by atoms with E-state index in [1.807, 2.05) is 31.2 Å². The Morgan fingerprint density at radius 2 is 1.82 bits per heavy atom. The van der Waals surface area contributed by atoms with Crippen molar-refractivity contribution in [2.45, 2.75) is 42.2 Å². The van der Waals surface area contributed by atoms with Crippen molar-refractivity contribution in [1.29, 1.82) is 0 Å². The summed E-state index contributed by atoms with van der Waals surface area (Å²) < 4.78 is 0.203. The summed E-state index contributed by atoms with van der Waals surface area (Å²) in [6.07, 6.45) is 1.96. The molecule has 3 aliphatic carbocycles. The van der Waals surface area contributed by atoms with Gasteiger partial charge < -0.3 is 5.32 Å². The minimum Gasteiger partial charge on any atom is -0.326 e. The van der Waals surface area contributed by atoms with E-state index in [1.165, 1.54) is 5.56 Å². The van der Waals surface area contributed by atoms with Gasteiger partial charge in [-0.1, -0.05) is 79.3 Å². The molecule has 0 aliphatic heterocycles. The second-order valence-corrected chi connectivity index (χ2v) is 11.1. The van der Waals surface area contributed by atoms with Gasteiger partial charge in [-0.25, -0.2) is 0 Å². The van der Waals surface area contributed by atoms with Crippen LogP contribution in [0.25, 0.3) is 0 Å². The Bertz CT molecular complexity index is 613. The smallest absolute Gasteiger partial charge is 0.232 e. The molecule has 1 aromatic rings. The molecule has 0 radical (unpaired) electrons. The van der Waals surface area contributed by atoms with Gasteiger partial charge in [0.05, 0.1) is 9.15 Å². The molecule has 1 aromatic carbocycles. The summed E-state index contributed by atoms with van der Waals surface area (Å²) in [7, 11) is 0. The van der Waals surface area contributed by atoms with Crippen LogP contribution in [0, 0.1) is 23.2 Å². The standard InChI is InChI=1S/C17H20Br3NO/c1-10-4-6-11(7-5-10)21-14(22)17-9-8-16(12(17)18,13(19)20)15(17,2)3/h4-7,12-13H,8-9H2,1-3H3,(H,21,22)/t12-,16+,17-/m0/s1. The number of benzene rings is 1. The van der Waals surface area contributed by atoms with Crippen LogP contribution in [-0.2, 0) is 4.79 Å². The van der Waals surface area contributed by atoms with Gasteiger partial charge in [-0.2, -0.15) is 0 Å². The lowest BCUT2D eigenvalue weighted by molar-refractivity contribution is -0.155. The molecule has 1 N–H and O–H groups in total. The third kappa shape index (κ3) is 1.85. The van der Waals surface area contributed by atoms with Crippen molar-refractivity contribution in [2.24, 2.45) is 16.2 Å². The van der Waals surface area contributed by atoms with Crippen molar-refractivity contribution < 1.29 is 4.79 Å². The zero-order valence-electron chi connectivity index (χ0n) is 12.9. The Balaban J connectivity index is 1.89. The summed E-state index contributed by atoms with van der Waals surface area (Å²) in [5.41, 5.74) is 1.72. The molecule has 0 unspecified atom stereocenters. The van der Waals surface area contributed by atoms with E-state index in [9.17, 15) is 4.79 Å². The molecule has 0 spiro atoms. The highest BCUT2D eigenvalue weighted by Crippen LogP contribution is 2.82. The predicted octanol–water partition coefficient (Wildman–Crippen LogP) is 5.62. The van der Waals surface area contributed by atoms with Crippen molar-refractivity contribution in [3.8, 4) is 0 Å². The fraction of sp³-hybridized carbons (Fsp3) is 0.588. The zero-order chi connectivity index (χ0) is 16.3. The van der Waals surface area contributed by atoms with Crippen molar-refractivity contribution in [2.75, 3.05) is 5.32 Å². The first kappa shape index (κ1) is 17.0. The summed E-state index contributed by atoms with van der Waals surface area (Å²) in [5, 5.41) is 3.13. The monoisotopic (exact) mass is 491 g/mol. The second kappa shape index (κ2) is 5.32. The average Bonchev–Trinajstić information content (AvgIpc) is 2.91. The Labute approximate surface area is 157 Å². The lowest BCUT2D eigenvalue weighted by Crippen LogP contribution is -2.71. The predicted molar refractivity (Wildman–Crippen MR) is 102 cm³/mol. The average molecular weight is 494 g/mol. The number of carbonyl (C=O) groups excluding carboxylic acids is 1. The molecule has 5 heteroatoms. The molecule has 2 bridgehead atoms. The molecule has 0 saturated heterocycles. The number of alkyl halides is 3. The maximum atomic E-state index is 13.1. The van der Waals surface area contributed by atoms with Crippen LogP contribution in [0.15, 0.2) is 24.3 Å². The third-order valence-corrected chi connectivity index (χ3v) is 9.43. The molecule has 3 aliphatic rings. The maximum absolute atomic E-state index is 13.1. The topological polar surface area (TPSA) is 29.1 Å². The number of anilines is 1. The third-order valence-electron chi connectivity index (χ3n) is 6.20. The Kier molecular flexibility index (Phi) is 4.10. The van der Waals surface area contributed by atoms with E-state index in [-0.39, 0.29) is 30.7 Å². The van der Waals surface area contributed by atoms with Gasteiger partial charge in [0.1, 0.15) is 0 Å². The number of hydrogen-bond donors (Lipinski definition) is 1. The molecule has 3 saturated carbocycles. The van der Waals surface area contributed by atoms with Gasteiger partial charge in [-0.3, -0.25) is 4.79 Å². The van der Waals surface area contributed by atoms with Gasteiger partial charge in [0.15, 0.2) is 0 Å². The molecule has 2 nitrogen and oxygen atoms in total. The molecule has 0 heterocycles. The van der Waals surface area contributed by atoms with E-state index < -0.39 is 0 Å². The van der Waals surface area contributed by atoms with E-state index in [0.29, 0.717) is 0 Å². The summed E-state index contributed by atoms with van der Waals surface area (Å²) in [4.78, 5) is 13.3. The number of rotatable bonds is 3. The quantitative estimate of drug-likeness (QED) is 0.544. The molecule has 22 heavy (non-hydrogen) atoms. The van der Waals surface area contributed by atoms with E-state index >= 15 is 0 Å². The fourth-order valence-electron chi connectivity index (χ4n) is 4.58. The summed E-state index contributed by atoms with van der Waals surface area (Å²) in [5.74, 6) is 0.136. The number of aryl methyl sites for hydroxylation is 1. The number of fused-ring (bicyclic) bond motifs is 1. The minimum absolute atomic E-state index is 0.0671. The van der Waals surface area contributed by atoms with E-state index in [1.54, 1.807) is 0 Å². The Morgan fingerprint density at radius 3 is 2.27 bits per heavy atom. The SMILES string of the molecule is Cc1ccc(NC(=O)[C@]23CC[C@](C(Br)Br)([C@@H]2Br)C3(C)C)cc1. The fourth-order valence-corrected chi connectivity index (χ4v) is 9.49. The van der Waals surface area contributed by atoms with Crippen LogP contribution >= 0.6 is 47.8 Å². The molecule has 3 atom stereocenters. The maximum Gasteiger partial charge on any atom is 0.232 e. The largest absolute Gasteiger partial charge is 0.326 e. The number of amides is 1. The highest BCUT2D eigenvalue weighted by atomic mass is 79.9. The van der Waals surface area contributed by atoms with Gasteiger partial charge in [0, 0.05) is 15.9 Å². The summed E-state index contributed by atoms with van der Waals surface area (Å²) in [6, 6.07) is 7.99. The minimum atomic E-state index is -0.350. The van der Waals surface area contributed by atoms with Crippen molar-refractivity contribution >= 4 is 59.4 Å². The molecule has 1 amide bonds. The van der Waals surface area contributed by atoms with Gasteiger partial charge in [0.25, 0.3) is 0 Å². The van der Waals surface area contributed by atoms with Crippen molar-refractivity contribution in [1.82, 2.24) is 0 Å². The molecular weight excluding hydrogens is 474 g/mol. The lowest BCUT2D eigenvalue weighted by atomic mass is 9.43. The van der Waals surface area contributed by atoms with Gasteiger partial charge in [-0.05, 0) is 37.3 Å². The van der Waals surface area contributed by atoms with Crippen molar-refractivity contribution in [3.63, 3.8) is 0 Å². The first-order valence-corrected chi connectivity index (χ1v) is 10.3. The normalized spacial score (nSPS) is 35.3. The first-order valence-electron chi connectivity index (χ1n) is 7.50. The van der Waals surface area contributed by atoms with Crippen LogP contribution in [0.3, 0.4) is 0 Å². The lowest BCUT2D eigenvalue weighted by Gasteiger charge is -2.66. The highest BCUT2D eigenvalue weighted by molar-refractivity contribution is 9.24. The van der Waals surface area contributed by atoms with E-state index in [0.717, 1.165) is 18.5 Å². The Morgan fingerprint density at radius 1 is 1.23 bits per heavy atom. The number of carbonyl (C=O) groups is 1. The molecule has 120 valence electrons. The first-order chi connectivity index (χ1) is 10.2. The molecule has 0 aromatic heterocycles. The van der Waals surface area contributed by atoms with Crippen LogP contribution in [-0.4, -0.2) is 14.5 Å². The zero-order valence-corrected chi connectivity index (χ0v) is 17.7. The molecular formula is C17H20Br3NO. The van der Waals surface area contributed by atoms with Crippen LogP contribution in [0.4, 0.5) is 5.69 Å². The van der Waals surface area contributed by atoms with Gasteiger partial charge in [0.2, 0.25) is 5.91 Å². The van der Waals surface area contributed by atoms with Crippen molar-refractivity contribution in [3.05, 3.63) is 29.8 Å². The number of hydrogen-bond acceptors (Lipinski definition) is 1. The summed E-state index contributed by atoms with van der Waals surface area (Å²) in [6.45, 7) is 6.50. The molecule has 4 rings (SSSR count). The second-order valence-electron chi connectivity index (χ2n) is 7.12. The van der Waals surface area contributed by atoms with Crippen LogP contribution in [0.2, 0.25) is 0 Å². The van der Waals surface area contributed by atoms with E-state index in [4.69, 9.17) is 0 Å². The van der Waals surface area contributed by atoms with Crippen LogP contribution in [0.5, 0.6) is 0 Å². The number of halogens is 3. The van der Waals surface area contributed by atoms with Crippen LogP contribution in [0.1, 0.15) is 32.3 Å². The number of nitrogens with one attached hydrogen (secondary N) is 1. The summed E-state index contributed by atoms with van der Waals surface area (Å²) >= 11 is 11.3. The Hall–Kier alpha value is 0.130. The van der Waals surface area contributed by atoms with Crippen LogP contribution < -0.4 is 5.32 Å².